The fourth-order valence-electron chi connectivity index (χ4n) is 3.43. The van der Waals surface area contributed by atoms with Crippen LogP contribution in [0.2, 0.25) is 0 Å². The maximum absolute atomic E-state index is 12.9. The Hall–Kier alpha value is -3.08. The maximum Gasteiger partial charge on any atom is 0.408 e. The number of hydrogen-bond acceptors (Lipinski definition) is 3. The van der Waals surface area contributed by atoms with Crippen molar-refractivity contribution in [3.63, 3.8) is 0 Å². The summed E-state index contributed by atoms with van der Waals surface area (Å²) in [6.07, 6.45) is 3.37. The van der Waals surface area contributed by atoms with Crippen LogP contribution in [0.15, 0.2) is 66.7 Å². The van der Waals surface area contributed by atoms with Crippen molar-refractivity contribution in [1.29, 1.82) is 0 Å². The normalized spacial score (nSPS) is 20.3. The quantitative estimate of drug-likeness (QED) is 0.759. The minimum atomic E-state index is -0.643. The second kappa shape index (κ2) is 8.52. The average Bonchev–Trinajstić information content (AvgIpc) is 2.69. The highest BCUT2D eigenvalue weighted by molar-refractivity contribution is 5.93. The van der Waals surface area contributed by atoms with Gasteiger partial charge in [0.25, 0.3) is 0 Å². The lowest BCUT2D eigenvalue weighted by Gasteiger charge is -2.49. The second-order valence-electron chi connectivity index (χ2n) is 8.22. The van der Waals surface area contributed by atoms with Gasteiger partial charge in [0, 0.05) is 0 Å². The summed E-state index contributed by atoms with van der Waals surface area (Å²) in [6, 6.07) is 18.8. The van der Waals surface area contributed by atoms with Crippen LogP contribution in [0.5, 0.6) is 0 Å². The molecule has 3 atom stereocenters. The first-order valence-corrected chi connectivity index (χ1v) is 9.86. The van der Waals surface area contributed by atoms with E-state index in [2.05, 4.69) is 5.32 Å². The highest BCUT2D eigenvalue weighted by Gasteiger charge is 2.49. The molecule has 2 amide bonds. The Morgan fingerprint density at radius 1 is 1.07 bits per heavy atom. The zero-order valence-corrected chi connectivity index (χ0v) is 17.3. The van der Waals surface area contributed by atoms with Crippen LogP contribution in [-0.2, 0) is 9.53 Å². The number of rotatable bonds is 5. The number of benzene rings is 2. The highest BCUT2D eigenvalue weighted by Crippen LogP contribution is 2.33. The predicted molar refractivity (Wildman–Crippen MR) is 114 cm³/mol. The summed E-state index contributed by atoms with van der Waals surface area (Å²) in [5.41, 5.74) is 1.47. The molecule has 0 aliphatic carbocycles. The molecular formula is C24H28N2O3. The summed E-state index contributed by atoms with van der Waals surface area (Å²) in [4.78, 5) is 27.0. The van der Waals surface area contributed by atoms with Crippen LogP contribution >= 0.6 is 0 Å². The minimum absolute atomic E-state index is 0.106. The van der Waals surface area contributed by atoms with E-state index in [1.54, 1.807) is 25.7 Å². The van der Waals surface area contributed by atoms with Gasteiger partial charge in [-0.3, -0.25) is 4.79 Å². The van der Waals surface area contributed by atoms with Gasteiger partial charge in [0.15, 0.2) is 0 Å². The predicted octanol–water partition coefficient (Wildman–Crippen LogP) is 4.57. The maximum atomic E-state index is 12.9. The van der Waals surface area contributed by atoms with Crippen LogP contribution in [0, 0.1) is 0 Å². The van der Waals surface area contributed by atoms with Crippen molar-refractivity contribution >= 4 is 18.1 Å². The van der Waals surface area contributed by atoms with E-state index in [4.69, 9.17) is 4.74 Å². The third-order valence-electron chi connectivity index (χ3n) is 4.84. The van der Waals surface area contributed by atoms with Gasteiger partial charge in [0.2, 0.25) is 5.91 Å². The van der Waals surface area contributed by atoms with Gasteiger partial charge in [-0.2, -0.15) is 0 Å². The van der Waals surface area contributed by atoms with Crippen molar-refractivity contribution in [1.82, 2.24) is 10.2 Å². The van der Waals surface area contributed by atoms with Gasteiger partial charge < -0.3 is 15.0 Å². The molecule has 1 saturated heterocycles. The van der Waals surface area contributed by atoms with E-state index in [9.17, 15) is 9.59 Å². The molecular weight excluding hydrogens is 364 g/mol. The molecule has 2 aromatic carbocycles. The number of β-lactam (4-membered cyclic amide) rings is 1. The first-order chi connectivity index (χ1) is 13.8. The van der Waals surface area contributed by atoms with Crippen LogP contribution < -0.4 is 5.32 Å². The third kappa shape index (κ3) is 5.05. The fraction of sp³-hybridized carbons (Fsp3) is 0.333. The average molecular weight is 392 g/mol. The Balaban J connectivity index is 1.81. The van der Waals surface area contributed by atoms with E-state index in [-0.39, 0.29) is 18.0 Å². The van der Waals surface area contributed by atoms with Crippen LogP contribution in [0.1, 0.15) is 44.9 Å². The number of likely N-dealkylation sites (tertiary alicyclic amines) is 1. The number of amides is 2. The van der Waals surface area contributed by atoms with Crippen LogP contribution in [0.3, 0.4) is 0 Å². The highest BCUT2D eigenvalue weighted by atomic mass is 16.6. The molecule has 3 rings (SSSR count). The lowest BCUT2D eigenvalue weighted by atomic mass is 9.89. The first-order valence-electron chi connectivity index (χ1n) is 9.86. The number of nitrogens with one attached hydrogen (secondary N) is 1. The van der Waals surface area contributed by atoms with Gasteiger partial charge in [0.1, 0.15) is 11.6 Å². The van der Waals surface area contributed by atoms with Crippen molar-refractivity contribution in [2.45, 2.75) is 51.4 Å². The monoisotopic (exact) mass is 392 g/mol. The lowest BCUT2D eigenvalue weighted by molar-refractivity contribution is -0.152. The summed E-state index contributed by atoms with van der Waals surface area (Å²) >= 11 is 0. The van der Waals surface area contributed by atoms with Crippen molar-refractivity contribution in [2.24, 2.45) is 0 Å². The molecule has 0 radical (unpaired) electrons. The smallest absolute Gasteiger partial charge is 0.408 e. The molecule has 2 aromatic rings. The van der Waals surface area contributed by atoms with E-state index in [1.807, 2.05) is 79.7 Å². The molecule has 0 unspecified atom stereocenters. The summed E-state index contributed by atoms with van der Waals surface area (Å²) in [6.45, 7) is 7.39. The van der Waals surface area contributed by atoms with Crippen LogP contribution in [0.25, 0.3) is 6.08 Å². The largest absolute Gasteiger partial charge is 0.444 e. The molecule has 1 heterocycles. The number of carbonyl (C=O) groups is 2. The standard InChI is InChI=1S/C24H28N2O3/c1-17(19-13-9-6-10-14-19)26-20(16-15-18-11-7-5-8-12-18)21(22(26)27)25-23(28)29-24(2,3)4/h5-17,20-21H,1-4H3,(H,25,28)/t17-,20-,21+/m1/s1. The molecule has 0 saturated carbocycles. The first kappa shape index (κ1) is 20.6. The Kier molecular flexibility index (Phi) is 6.06. The lowest BCUT2D eigenvalue weighted by Crippen LogP contribution is -2.70. The van der Waals surface area contributed by atoms with Gasteiger partial charge >= 0.3 is 6.09 Å². The SMILES string of the molecule is C[C@H](c1ccccc1)N1C(=O)[C@@H](NC(=O)OC(C)(C)C)[C@H]1C=Cc1ccccc1. The minimum Gasteiger partial charge on any atom is -0.444 e. The second-order valence-corrected chi connectivity index (χ2v) is 8.22. The Morgan fingerprint density at radius 3 is 2.24 bits per heavy atom. The van der Waals surface area contributed by atoms with Gasteiger partial charge in [0.05, 0.1) is 12.1 Å². The molecule has 1 N–H and O–H groups in total. The fourth-order valence-corrected chi connectivity index (χ4v) is 3.43. The van der Waals surface area contributed by atoms with Gasteiger partial charge in [-0.15, -0.1) is 0 Å². The Labute approximate surface area is 172 Å². The Morgan fingerprint density at radius 2 is 1.66 bits per heavy atom. The van der Waals surface area contributed by atoms with Crippen molar-refractivity contribution in [3.05, 3.63) is 77.9 Å². The van der Waals surface area contributed by atoms with E-state index in [1.165, 1.54) is 0 Å². The van der Waals surface area contributed by atoms with Crippen molar-refractivity contribution in [3.8, 4) is 0 Å². The number of carbonyl (C=O) groups excluding carboxylic acids is 2. The van der Waals surface area contributed by atoms with Crippen molar-refractivity contribution < 1.29 is 14.3 Å². The Bertz CT molecular complexity index is 872. The molecule has 1 fully saturated rings. The summed E-state index contributed by atoms with van der Waals surface area (Å²) in [7, 11) is 0. The van der Waals surface area contributed by atoms with Gasteiger partial charge in [-0.05, 0) is 38.8 Å². The molecule has 1 aliphatic rings. The van der Waals surface area contributed by atoms with E-state index in [0.29, 0.717) is 0 Å². The molecule has 0 spiro atoms. The summed E-state index contributed by atoms with van der Waals surface area (Å²) < 4.78 is 5.34. The van der Waals surface area contributed by atoms with E-state index >= 15 is 0 Å². The zero-order valence-electron chi connectivity index (χ0n) is 17.3. The number of alkyl carbamates (subject to hydrolysis) is 1. The van der Waals surface area contributed by atoms with Crippen LogP contribution in [-0.4, -0.2) is 34.6 Å². The number of hydrogen-bond donors (Lipinski definition) is 1. The summed E-state index contributed by atoms with van der Waals surface area (Å²) in [5.74, 6) is -0.116. The van der Waals surface area contributed by atoms with Gasteiger partial charge in [-0.1, -0.05) is 72.8 Å². The molecule has 0 bridgehead atoms. The van der Waals surface area contributed by atoms with Crippen LogP contribution in [0.4, 0.5) is 4.79 Å². The van der Waals surface area contributed by atoms with E-state index in [0.717, 1.165) is 11.1 Å². The molecule has 5 heteroatoms. The van der Waals surface area contributed by atoms with Gasteiger partial charge in [-0.25, -0.2) is 4.79 Å². The number of ether oxygens (including phenoxy) is 1. The topological polar surface area (TPSA) is 58.6 Å². The molecule has 0 aromatic heterocycles. The van der Waals surface area contributed by atoms with E-state index < -0.39 is 17.7 Å². The zero-order chi connectivity index (χ0) is 21.0. The molecule has 5 nitrogen and oxygen atoms in total. The van der Waals surface area contributed by atoms with Crippen molar-refractivity contribution in [2.75, 3.05) is 0 Å². The molecule has 152 valence electrons. The third-order valence-corrected chi connectivity index (χ3v) is 4.84. The molecule has 1 aliphatic heterocycles. The molecule has 29 heavy (non-hydrogen) atoms. The summed E-state index contributed by atoms with van der Waals surface area (Å²) in [5, 5.41) is 2.74. The number of nitrogens with zero attached hydrogens (tertiary/aromatic N) is 1.